The van der Waals surface area contributed by atoms with E-state index in [-0.39, 0.29) is 24.0 Å². The van der Waals surface area contributed by atoms with Crippen molar-refractivity contribution in [1.82, 2.24) is 15.6 Å². The molecule has 2 N–H and O–H groups in total. The molecule has 1 aliphatic rings. The molecule has 0 aliphatic carbocycles. The molecular weight excluding hydrogens is 427 g/mol. The lowest BCUT2D eigenvalue weighted by Gasteiger charge is -2.22. The minimum atomic E-state index is 0. The van der Waals surface area contributed by atoms with Gasteiger partial charge in [-0.1, -0.05) is 0 Å². The van der Waals surface area contributed by atoms with Crippen LogP contribution in [0.25, 0.3) is 0 Å². The van der Waals surface area contributed by atoms with Gasteiger partial charge in [0.2, 0.25) is 0 Å². The summed E-state index contributed by atoms with van der Waals surface area (Å²) in [5, 5.41) is 7.64. The van der Waals surface area contributed by atoms with Crippen molar-refractivity contribution >= 4 is 41.3 Å². The van der Waals surface area contributed by atoms with Crippen LogP contribution in [0.3, 0.4) is 0 Å². The zero-order valence-electron chi connectivity index (χ0n) is 13.8. The van der Waals surface area contributed by atoms with Gasteiger partial charge in [-0.3, -0.25) is 4.99 Å². The number of aryl methyl sites for hydroxylation is 1. The van der Waals surface area contributed by atoms with Crippen molar-refractivity contribution in [1.29, 1.82) is 0 Å². The molecule has 1 aromatic rings. The Morgan fingerprint density at radius 3 is 2.87 bits per heavy atom. The van der Waals surface area contributed by atoms with E-state index in [1.807, 2.05) is 6.20 Å². The number of hydrogen-bond acceptors (Lipinski definition) is 5. The van der Waals surface area contributed by atoms with Crippen LogP contribution in [0.1, 0.15) is 29.1 Å². The molecule has 23 heavy (non-hydrogen) atoms. The maximum atomic E-state index is 5.84. The Bertz CT molecular complexity index is 464. The number of nitrogens with one attached hydrogen (secondary N) is 2. The van der Waals surface area contributed by atoms with Crippen molar-refractivity contribution in [2.45, 2.75) is 38.8 Å². The number of nitrogens with zero attached hydrogens (tertiary/aromatic N) is 2. The first-order valence-electron chi connectivity index (χ1n) is 7.83. The molecule has 2 rings (SSSR count). The van der Waals surface area contributed by atoms with Crippen molar-refractivity contribution in [2.75, 3.05) is 33.4 Å². The molecule has 0 atom stereocenters. The molecule has 0 amide bonds. The summed E-state index contributed by atoms with van der Waals surface area (Å²) in [6, 6.07) is 0. The monoisotopic (exact) mass is 454 g/mol. The van der Waals surface area contributed by atoms with Crippen LogP contribution >= 0.6 is 35.3 Å². The zero-order chi connectivity index (χ0) is 15.6. The Balaban J connectivity index is 0.00000264. The average molecular weight is 454 g/mol. The summed E-state index contributed by atoms with van der Waals surface area (Å²) in [4.78, 5) is 9.76. The maximum absolute atomic E-state index is 5.84. The molecule has 1 aliphatic heterocycles. The number of rotatable bonds is 7. The predicted molar refractivity (Wildman–Crippen MR) is 105 cm³/mol. The van der Waals surface area contributed by atoms with Crippen molar-refractivity contribution in [3.63, 3.8) is 0 Å². The van der Waals surface area contributed by atoms with E-state index in [1.165, 1.54) is 4.88 Å². The molecule has 0 aromatic carbocycles. The van der Waals surface area contributed by atoms with Crippen LogP contribution in [0.5, 0.6) is 0 Å². The summed E-state index contributed by atoms with van der Waals surface area (Å²) >= 11 is 1.70. The van der Waals surface area contributed by atoms with Gasteiger partial charge < -0.3 is 20.1 Å². The van der Waals surface area contributed by atoms with Crippen LogP contribution in [-0.2, 0) is 16.0 Å². The summed E-state index contributed by atoms with van der Waals surface area (Å²) in [6.45, 7) is 6.05. The highest BCUT2D eigenvalue weighted by molar-refractivity contribution is 14.0. The van der Waals surface area contributed by atoms with Crippen molar-refractivity contribution in [2.24, 2.45) is 4.99 Å². The van der Waals surface area contributed by atoms with E-state index >= 15 is 0 Å². The average Bonchev–Trinajstić information content (AvgIpc) is 2.96. The summed E-state index contributed by atoms with van der Waals surface area (Å²) in [6.07, 6.45) is 5.27. The Kier molecular flexibility index (Phi) is 10.7. The van der Waals surface area contributed by atoms with E-state index in [4.69, 9.17) is 9.47 Å². The highest BCUT2D eigenvalue weighted by Gasteiger charge is 2.13. The van der Waals surface area contributed by atoms with Gasteiger partial charge in [0.05, 0.1) is 12.6 Å². The summed E-state index contributed by atoms with van der Waals surface area (Å²) in [5.74, 6) is 0.805. The van der Waals surface area contributed by atoms with Gasteiger partial charge in [-0.15, -0.1) is 35.3 Å². The van der Waals surface area contributed by atoms with E-state index in [1.54, 1.807) is 18.4 Å². The van der Waals surface area contributed by atoms with Crippen molar-refractivity contribution < 1.29 is 9.47 Å². The van der Waals surface area contributed by atoms with Crippen LogP contribution < -0.4 is 10.6 Å². The maximum Gasteiger partial charge on any atom is 0.191 e. The Morgan fingerprint density at radius 1 is 1.43 bits per heavy atom. The predicted octanol–water partition coefficient (Wildman–Crippen LogP) is 2.32. The molecule has 132 valence electrons. The lowest BCUT2D eigenvalue weighted by atomic mass is 10.1. The first kappa shape index (κ1) is 20.6. The van der Waals surface area contributed by atoms with Crippen molar-refractivity contribution in [3.05, 3.63) is 16.1 Å². The highest BCUT2D eigenvalue weighted by atomic mass is 127. The fourth-order valence-corrected chi connectivity index (χ4v) is 2.96. The normalized spacial score (nSPS) is 16.0. The fourth-order valence-electron chi connectivity index (χ4n) is 2.23. The van der Waals surface area contributed by atoms with Gasteiger partial charge in [0.15, 0.2) is 5.96 Å². The largest absolute Gasteiger partial charge is 0.381 e. The smallest absolute Gasteiger partial charge is 0.191 e. The van der Waals surface area contributed by atoms with Crippen LogP contribution in [0, 0.1) is 6.92 Å². The molecular formula is C15H27IN4O2S. The lowest BCUT2D eigenvalue weighted by molar-refractivity contribution is -0.0320. The zero-order valence-corrected chi connectivity index (χ0v) is 17.0. The third kappa shape index (κ3) is 8.27. The second-order valence-corrected chi connectivity index (χ2v) is 6.57. The fraction of sp³-hybridized carbons (Fsp3) is 0.733. The van der Waals surface area contributed by atoms with E-state index in [0.29, 0.717) is 12.6 Å². The number of halogens is 1. The van der Waals surface area contributed by atoms with Crippen LogP contribution in [-0.4, -0.2) is 50.5 Å². The molecule has 0 spiro atoms. The standard InChI is InChI=1S/C15H26N4O2S.HI/c1-12-10-18-14(22-12)11-19-15(16-2)17-6-3-7-21-13-4-8-20-9-5-13;/h10,13H,3-9,11H2,1-2H3,(H2,16,17,19);1H. The van der Waals surface area contributed by atoms with Gasteiger partial charge >= 0.3 is 0 Å². The Labute approximate surface area is 159 Å². The summed E-state index contributed by atoms with van der Waals surface area (Å²) in [7, 11) is 1.78. The number of thiazole rings is 1. The van der Waals surface area contributed by atoms with Gasteiger partial charge in [0.25, 0.3) is 0 Å². The van der Waals surface area contributed by atoms with Gasteiger partial charge in [0.1, 0.15) is 5.01 Å². The Hall–Kier alpha value is -0.450. The van der Waals surface area contributed by atoms with Gasteiger partial charge in [-0.05, 0) is 26.2 Å². The minimum Gasteiger partial charge on any atom is -0.381 e. The number of aromatic nitrogens is 1. The first-order valence-corrected chi connectivity index (χ1v) is 8.64. The van der Waals surface area contributed by atoms with E-state index in [0.717, 1.165) is 56.6 Å². The quantitative estimate of drug-likeness (QED) is 0.287. The van der Waals surface area contributed by atoms with Gasteiger partial charge in [-0.2, -0.15) is 0 Å². The number of hydrogen-bond donors (Lipinski definition) is 2. The van der Waals surface area contributed by atoms with Crippen LogP contribution in [0.15, 0.2) is 11.2 Å². The molecule has 0 unspecified atom stereocenters. The second-order valence-electron chi connectivity index (χ2n) is 5.25. The van der Waals surface area contributed by atoms with E-state index in [2.05, 4.69) is 27.5 Å². The van der Waals surface area contributed by atoms with E-state index < -0.39 is 0 Å². The molecule has 0 radical (unpaired) electrons. The van der Waals surface area contributed by atoms with Crippen LogP contribution in [0.4, 0.5) is 0 Å². The molecule has 0 saturated carbocycles. The van der Waals surface area contributed by atoms with Crippen molar-refractivity contribution in [3.8, 4) is 0 Å². The molecule has 1 saturated heterocycles. The summed E-state index contributed by atoms with van der Waals surface area (Å²) < 4.78 is 11.2. The summed E-state index contributed by atoms with van der Waals surface area (Å²) in [5.41, 5.74) is 0. The molecule has 2 heterocycles. The highest BCUT2D eigenvalue weighted by Crippen LogP contribution is 2.11. The molecule has 1 aromatic heterocycles. The van der Waals surface area contributed by atoms with E-state index in [9.17, 15) is 0 Å². The lowest BCUT2D eigenvalue weighted by Crippen LogP contribution is -2.37. The molecule has 6 nitrogen and oxygen atoms in total. The van der Waals surface area contributed by atoms with Crippen LogP contribution in [0.2, 0.25) is 0 Å². The number of ether oxygens (including phenoxy) is 2. The topological polar surface area (TPSA) is 67.8 Å². The minimum absolute atomic E-state index is 0. The molecule has 8 heteroatoms. The molecule has 1 fully saturated rings. The van der Waals surface area contributed by atoms with Gasteiger partial charge in [-0.25, -0.2) is 4.98 Å². The third-order valence-electron chi connectivity index (χ3n) is 3.44. The Morgan fingerprint density at radius 2 is 2.22 bits per heavy atom. The first-order chi connectivity index (χ1) is 10.8. The number of guanidine groups is 1. The number of aliphatic imine (C=N–C) groups is 1. The van der Waals surface area contributed by atoms with Gasteiger partial charge in [0, 0.05) is 44.5 Å². The second kappa shape index (κ2) is 12.0. The SMILES string of the molecule is CN=C(NCCCOC1CCOCC1)NCc1ncc(C)s1.I. The third-order valence-corrected chi connectivity index (χ3v) is 4.35. The molecule has 0 bridgehead atoms.